The highest BCUT2D eigenvalue weighted by Crippen LogP contribution is 2.27. The maximum absolute atomic E-state index is 12.5. The number of aromatic nitrogens is 2. The number of nitrogens with zero attached hydrogens (tertiary/aromatic N) is 2. The van der Waals surface area contributed by atoms with E-state index >= 15 is 0 Å². The summed E-state index contributed by atoms with van der Waals surface area (Å²) < 4.78 is 0. The van der Waals surface area contributed by atoms with Gasteiger partial charge in [0.25, 0.3) is 5.91 Å². The minimum atomic E-state index is -0.534. The number of para-hydroxylation sites is 1. The van der Waals surface area contributed by atoms with Gasteiger partial charge in [0.2, 0.25) is 5.91 Å². The number of amides is 4. The molecule has 124 valence electrons. The van der Waals surface area contributed by atoms with Gasteiger partial charge in [-0.3, -0.25) is 14.7 Å². The first-order chi connectivity index (χ1) is 11.5. The lowest BCUT2D eigenvalue weighted by molar-refractivity contribution is -0.114. The van der Waals surface area contributed by atoms with Crippen LogP contribution in [0.4, 0.5) is 16.3 Å². The highest BCUT2D eigenvalue weighted by molar-refractivity contribution is 6.09. The van der Waals surface area contributed by atoms with Gasteiger partial charge in [-0.25, -0.2) is 4.79 Å². The number of rotatable bonds is 3. The fourth-order valence-corrected chi connectivity index (χ4v) is 2.55. The minimum absolute atomic E-state index is 0.270. The van der Waals surface area contributed by atoms with Gasteiger partial charge in [-0.15, -0.1) is 0 Å². The average Bonchev–Trinajstić information content (AvgIpc) is 3.09. The number of carbonyl (C=O) groups excluding carboxylic acids is 3. The first-order valence-corrected chi connectivity index (χ1v) is 7.24. The Morgan fingerprint density at radius 1 is 1.21 bits per heavy atom. The molecule has 9 heteroatoms. The fraction of sp³-hybridized carbons (Fsp3) is 0.200. The summed E-state index contributed by atoms with van der Waals surface area (Å²) in [4.78, 5) is 36.4. The van der Waals surface area contributed by atoms with Crippen LogP contribution in [0.3, 0.4) is 0 Å². The molecule has 1 aliphatic rings. The van der Waals surface area contributed by atoms with Crippen molar-refractivity contribution in [3.8, 4) is 0 Å². The highest BCUT2D eigenvalue weighted by atomic mass is 16.2. The Hall–Kier alpha value is -3.36. The maximum Gasteiger partial charge on any atom is 0.315 e. The van der Waals surface area contributed by atoms with Crippen molar-refractivity contribution in [3.63, 3.8) is 0 Å². The molecule has 5 N–H and O–H groups in total. The van der Waals surface area contributed by atoms with Crippen LogP contribution in [0.25, 0.3) is 0 Å². The number of aromatic amines is 1. The third-order valence-corrected chi connectivity index (χ3v) is 3.68. The van der Waals surface area contributed by atoms with Crippen LogP contribution in [-0.2, 0) is 17.9 Å². The lowest BCUT2D eigenvalue weighted by Crippen LogP contribution is -2.31. The summed E-state index contributed by atoms with van der Waals surface area (Å²) in [7, 11) is 0. The molecule has 1 aromatic heterocycles. The molecule has 0 aliphatic carbocycles. The first kappa shape index (κ1) is 15.5. The number of nitrogens with two attached hydrogens (primary N) is 1. The zero-order valence-electron chi connectivity index (χ0n) is 12.9. The molecule has 4 amide bonds. The van der Waals surface area contributed by atoms with Crippen molar-refractivity contribution < 1.29 is 14.4 Å². The van der Waals surface area contributed by atoms with Crippen molar-refractivity contribution in [2.24, 2.45) is 5.73 Å². The molecule has 0 radical (unpaired) electrons. The van der Waals surface area contributed by atoms with E-state index in [1.54, 1.807) is 24.3 Å². The van der Waals surface area contributed by atoms with Crippen molar-refractivity contribution >= 4 is 29.4 Å². The number of carbonyl (C=O) groups is 3. The smallest absolute Gasteiger partial charge is 0.315 e. The van der Waals surface area contributed by atoms with E-state index in [4.69, 9.17) is 5.73 Å². The van der Waals surface area contributed by atoms with E-state index in [2.05, 4.69) is 20.8 Å². The van der Waals surface area contributed by atoms with Gasteiger partial charge < -0.3 is 21.3 Å². The normalized spacial score (nSPS) is 12.6. The SMILES string of the molecule is CC(=O)Nc1ccccc1C(=O)Nc1n[nH]c2c1CN(C(N)=O)C2. The van der Waals surface area contributed by atoms with Gasteiger partial charge in [0.15, 0.2) is 5.82 Å². The predicted molar refractivity (Wildman–Crippen MR) is 86.1 cm³/mol. The number of benzene rings is 1. The van der Waals surface area contributed by atoms with Crippen molar-refractivity contribution in [1.29, 1.82) is 0 Å². The van der Waals surface area contributed by atoms with Gasteiger partial charge in [-0.05, 0) is 12.1 Å². The van der Waals surface area contributed by atoms with E-state index in [0.29, 0.717) is 23.6 Å². The quantitative estimate of drug-likeness (QED) is 0.669. The topological polar surface area (TPSA) is 133 Å². The van der Waals surface area contributed by atoms with E-state index in [1.807, 2.05) is 0 Å². The third kappa shape index (κ3) is 2.91. The molecule has 0 atom stereocenters. The Bertz CT molecular complexity index is 828. The molecule has 9 nitrogen and oxygen atoms in total. The largest absolute Gasteiger partial charge is 0.351 e. The summed E-state index contributed by atoms with van der Waals surface area (Å²) in [5, 5.41) is 12.2. The van der Waals surface area contributed by atoms with E-state index in [1.165, 1.54) is 11.8 Å². The lowest BCUT2D eigenvalue weighted by atomic mass is 10.1. The molecule has 0 fully saturated rings. The molecule has 2 heterocycles. The fourth-order valence-electron chi connectivity index (χ4n) is 2.55. The molecule has 1 aliphatic heterocycles. The number of primary amides is 1. The summed E-state index contributed by atoms with van der Waals surface area (Å²) in [6.07, 6.45) is 0. The van der Waals surface area contributed by atoms with E-state index in [9.17, 15) is 14.4 Å². The molecule has 1 aromatic carbocycles. The monoisotopic (exact) mass is 328 g/mol. The van der Waals surface area contributed by atoms with Gasteiger partial charge in [-0.1, -0.05) is 12.1 Å². The highest BCUT2D eigenvalue weighted by Gasteiger charge is 2.28. The Morgan fingerprint density at radius 2 is 1.96 bits per heavy atom. The number of H-pyrrole nitrogens is 1. The second kappa shape index (κ2) is 6.03. The molecule has 0 spiro atoms. The van der Waals surface area contributed by atoms with Gasteiger partial charge in [0.05, 0.1) is 30.0 Å². The van der Waals surface area contributed by atoms with E-state index < -0.39 is 11.9 Å². The van der Waals surface area contributed by atoms with Gasteiger partial charge in [0.1, 0.15) is 0 Å². The molecular weight excluding hydrogens is 312 g/mol. The molecular formula is C15H16N6O3. The third-order valence-electron chi connectivity index (χ3n) is 3.68. The summed E-state index contributed by atoms with van der Waals surface area (Å²) >= 11 is 0. The average molecular weight is 328 g/mol. The summed E-state index contributed by atoms with van der Waals surface area (Å²) in [5.41, 5.74) is 7.45. The molecule has 0 unspecified atom stereocenters. The zero-order valence-corrected chi connectivity index (χ0v) is 12.9. The lowest BCUT2D eigenvalue weighted by Gasteiger charge is -2.12. The van der Waals surface area contributed by atoms with Crippen LogP contribution in [0.2, 0.25) is 0 Å². The second-order valence-electron chi connectivity index (χ2n) is 5.40. The molecule has 2 aromatic rings. The van der Waals surface area contributed by atoms with Gasteiger partial charge in [-0.2, -0.15) is 5.10 Å². The molecule has 0 saturated heterocycles. The van der Waals surface area contributed by atoms with Crippen LogP contribution in [0.15, 0.2) is 24.3 Å². The Labute approximate surface area is 137 Å². The van der Waals surface area contributed by atoms with Crippen molar-refractivity contribution in [2.45, 2.75) is 20.0 Å². The van der Waals surface area contributed by atoms with Crippen LogP contribution < -0.4 is 16.4 Å². The number of anilines is 2. The number of fused-ring (bicyclic) bond motifs is 1. The van der Waals surface area contributed by atoms with Crippen LogP contribution in [0.1, 0.15) is 28.5 Å². The molecule has 0 saturated carbocycles. The summed E-state index contributed by atoms with van der Waals surface area (Å²) in [6.45, 7) is 1.98. The predicted octanol–water partition coefficient (Wildman–Crippen LogP) is 1.01. The van der Waals surface area contributed by atoms with Crippen molar-refractivity contribution in [2.75, 3.05) is 10.6 Å². The first-order valence-electron chi connectivity index (χ1n) is 7.24. The number of urea groups is 1. The van der Waals surface area contributed by atoms with E-state index in [-0.39, 0.29) is 12.5 Å². The Morgan fingerprint density at radius 3 is 2.67 bits per heavy atom. The van der Waals surface area contributed by atoms with Crippen molar-refractivity contribution in [3.05, 3.63) is 41.1 Å². The standard InChI is InChI=1S/C15H16N6O3/c1-8(22)17-11-5-3-2-4-9(11)14(23)18-13-10-6-21(15(16)24)7-12(10)19-20-13/h2-5H,6-7H2,1H3,(H2,16,24)(H,17,22)(H2,18,19,20,23). The van der Waals surface area contributed by atoms with Gasteiger partial charge >= 0.3 is 6.03 Å². The van der Waals surface area contributed by atoms with Crippen LogP contribution in [0.5, 0.6) is 0 Å². The maximum atomic E-state index is 12.5. The number of hydrogen-bond acceptors (Lipinski definition) is 4. The second-order valence-corrected chi connectivity index (χ2v) is 5.40. The van der Waals surface area contributed by atoms with Crippen LogP contribution in [0, 0.1) is 0 Å². The molecule has 3 rings (SSSR count). The Balaban J connectivity index is 1.81. The summed E-state index contributed by atoms with van der Waals surface area (Å²) in [5.74, 6) is -0.337. The molecule has 0 bridgehead atoms. The molecule has 24 heavy (non-hydrogen) atoms. The van der Waals surface area contributed by atoms with Gasteiger partial charge in [0, 0.05) is 12.5 Å². The van der Waals surface area contributed by atoms with Crippen LogP contribution in [-0.4, -0.2) is 32.9 Å². The summed E-state index contributed by atoms with van der Waals surface area (Å²) in [6, 6.07) is 6.12. The zero-order chi connectivity index (χ0) is 17.3. The van der Waals surface area contributed by atoms with Crippen molar-refractivity contribution in [1.82, 2.24) is 15.1 Å². The number of nitrogens with one attached hydrogen (secondary N) is 3. The minimum Gasteiger partial charge on any atom is -0.351 e. The van der Waals surface area contributed by atoms with Crippen LogP contribution >= 0.6 is 0 Å². The number of hydrogen-bond donors (Lipinski definition) is 4. The Kier molecular flexibility index (Phi) is 3.90. The van der Waals surface area contributed by atoms with E-state index in [0.717, 1.165) is 11.3 Å².